The molecule has 2 heterocycles. The second kappa shape index (κ2) is 5.44. The number of carbonyl (C=O) groups excluding carboxylic acids is 1. The van der Waals surface area contributed by atoms with Crippen LogP contribution in [0.4, 0.5) is 0 Å². The molecule has 0 bridgehead atoms. The molecule has 0 radical (unpaired) electrons. The van der Waals surface area contributed by atoms with Gasteiger partial charge in [-0.1, -0.05) is 0 Å². The van der Waals surface area contributed by atoms with Crippen LogP contribution in [-0.4, -0.2) is 37.3 Å². The number of esters is 1. The van der Waals surface area contributed by atoms with E-state index in [-0.39, 0.29) is 5.97 Å². The number of aryl methyl sites for hydroxylation is 2. The predicted molar refractivity (Wildman–Crippen MR) is 63.5 cm³/mol. The van der Waals surface area contributed by atoms with E-state index in [1.807, 2.05) is 17.8 Å². The Morgan fingerprint density at radius 3 is 3.06 bits per heavy atom. The van der Waals surface area contributed by atoms with Crippen LogP contribution < -0.4 is 0 Å². The molecule has 0 amide bonds. The normalized spacial score (nSPS) is 10.6. The zero-order valence-corrected chi connectivity index (χ0v) is 10.4. The highest BCUT2D eigenvalue weighted by Gasteiger charge is 2.11. The van der Waals surface area contributed by atoms with Crippen LogP contribution in [0, 0.1) is 0 Å². The molecule has 96 valence electrons. The Labute approximate surface area is 104 Å². The predicted octanol–water partition coefficient (Wildman–Crippen LogP) is 0.701. The van der Waals surface area contributed by atoms with Crippen LogP contribution >= 0.6 is 0 Å². The summed E-state index contributed by atoms with van der Waals surface area (Å²) in [5, 5.41) is 6.87. The number of H-pyrrole nitrogens is 1. The molecule has 0 aromatic carbocycles. The van der Waals surface area contributed by atoms with Gasteiger partial charge in [0.2, 0.25) is 5.82 Å². The molecular formula is C11H15N5O2. The minimum absolute atomic E-state index is 0.229. The molecule has 0 saturated carbocycles. The smallest absolute Gasteiger partial charge is 0.306 e. The van der Waals surface area contributed by atoms with Gasteiger partial charge in [-0.25, -0.2) is 9.97 Å². The maximum Gasteiger partial charge on any atom is 0.306 e. The van der Waals surface area contributed by atoms with Gasteiger partial charge in [-0.15, -0.1) is 0 Å². The third-order valence-electron chi connectivity index (χ3n) is 2.42. The number of nitrogens with one attached hydrogen (secondary N) is 1. The third-order valence-corrected chi connectivity index (χ3v) is 2.42. The fraction of sp³-hybridized carbons (Fsp3) is 0.455. The van der Waals surface area contributed by atoms with Gasteiger partial charge < -0.3 is 9.30 Å². The van der Waals surface area contributed by atoms with Gasteiger partial charge in [0.1, 0.15) is 5.82 Å². The summed E-state index contributed by atoms with van der Waals surface area (Å²) in [4.78, 5) is 19.6. The molecule has 0 unspecified atom stereocenters. The Morgan fingerprint density at radius 2 is 2.39 bits per heavy atom. The van der Waals surface area contributed by atoms with Gasteiger partial charge in [0.15, 0.2) is 5.82 Å². The van der Waals surface area contributed by atoms with Crippen molar-refractivity contribution in [2.75, 3.05) is 6.61 Å². The highest BCUT2D eigenvalue weighted by atomic mass is 16.5. The number of ether oxygens (including phenoxy) is 1. The van der Waals surface area contributed by atoms with Crippen molar-refractivity contribution in [2.24, 2.45) is 7.05 Å². The summed E-state index contributed by atoms with van der Waals surface area (Å²) in [7, 11) is 1.87. The fourth-order valence-electron chi connectivity index (χ4n) is 1.54. The lowest BCUT2D eigenvalue weighted by Gasteiger charge is -1.98. The van der Waals surface area contributed by atoms with E-state index in [2.05, 4.69) is 20.2 Å². The van der Waals surface area contributed by atoms with Crippen molar-refractivity contribution >= 4 is 5.97 Å². The quantitative estimate of drug-likeness (QED) is 0.788. The number of nitrogens with zero attached hydrogens (tertiary/aromatic N) is 4. The van der Waals surface area contributed by atoms with E-state index >= 15 is 0 Å². The Kier molecular flexibility index (Phi) is 3.71. The highest BCUT2D eigenvalue weighted by Crippen LogP contribution is 2.11. The van der Waals surface area contributed by atoms with E-state index in [1.165, 1.54) is 0 Å². The summed E-state index contributed by atoms with van der Waals surface area (Å²) in [6, 6.07) is 0. The summed E-state index contributed by atoms with van der Waals surface area (Å²) in [6.07, 6.45) is 4.28. The molecule has 2 rings (SSSR count). The van der Waals surface area contributed by atoms with Crippen molar-refractivity contribution in [2.45, 2.75) is 19.8 Å². The Bertz CT molecular complexity index is 531. The molecule has 0 saturated heterocycles. The fourth-order valence-corrected chi connectivity index (χ4v) is 1.54. The van der Waals surface area contributed by atoms with Gasteiger partial charge in [-0.3, -0.25) is 9.89 Å². The lowest BCUT2D eigenvalue weighted by molar-refractivity contribution is -0.143. The molecule has 18 heavy (non-hydrogen) atoms. The molecule has 0 aliphatic heterocycles. The molecule has 2 aromatic rings. The summed E-state index contributed by atoms with van der Waals surface area (Å²) in [5.74, 6) is 1.64. The lowest BCUT2D eigenvalue weighted by Crippen LogP contribution is -2.05. The molecule has 7 heteroatoms. The van der Waals surface area contributed by atoms with Crippen molar-refractivity contribution in [1.82, 2.24) is 24.7 Å². The van der Waals surface area contributed by atoms with Crippen molar-refractivity contribution in [3.63, 3.8) is 0 Å². The van der Waals surface area contributed by atoms with Crippen LogP contribution in [0.2, 0.25) is 0 Å². The third kappa shape index (κ3) is 2.73. The molecule has 2 aromatic heterocycles. The molecule has 0 atom stereocenters. The number of carbonyl (C=O) groups is 1. The second-order valence-electron chi connectivity index (χ2n) is 3.77. The van der Waals surface area contributed by atoms with Gasteiger partial charge in [-0.05, 0) is 6.92 Å². The summed E-state index contributed by atoms with van der Waals surface area (Å²) in [5.41, 5.74) is 0. The number of imidazole rings is 1. The van der Waals surface area contributed by atoms with Gasteiger partial charge in [0.25, 0.3) is 0 Å². The molecule has 0 aliphatic carbocycles. The molecular weight excluding hydrogens is 234 g/mol. The maximum absolute atomic E-state index is 11.2. The van der Waals surface area contributed by atoms with Crippen LogP contribution in [0.15, 0.2) is 12.4 Å². The van der Waals surface area contributed by atoms with E-state index < -0.39 is 0 Å². The number of rotatable bonds is 5. The average Bonchev–Trinajstić information content (AvgIpc) is 2.95. The van der Waals surface area contributed by atoms with Gasteiger partial charge >= 0.3 is 5.97 Å². The Balaban J connectivity index is 1.99. The first-order chi connectivity index (χ1) is 8.70. The summed E-state index contributed by atoms with van der Waals surface area (Å²) < 4.78 is 6.68. The minimum Gasteiger partial charge on any atom is -0.466 e. The van der Waals surface area contributed by atoms with E-state index in [4.69, 9.17) is 4.74 Å². The minimum atomic E-state index is -0.229. The highest BCUT2D eigenvalue weighted by molar-refractivity contribution is 5.69. The van der Waals surface area contributed by atoms with Crippen molar-refractivity contribution in [1.29, 1.82) is 0 Å². The maximum atomic E-state index is 11.2. The van der Waals surface area contributed by atoms with Crippen LogP contribution in [0.3, 0.4) is 0 Å². The standard InChI is InChI=1S/C11H15N5O2/c1-3-18-9(17)5-4-8-13-10(15-14-8)11-12-6-7-16(11)2/h6-7H,3-5H2,1-2H3,(H,13,14,15). The second-order valence-corrected chi connectivity index (χ2v) is 3.77. The molecule has 7 nitrogen and oxygen atoms in total. The number of aromatic amines is 1. The van der Waals surface area contributed by atoms with Crippen molar-refractivity contribution in [3.8, 4) is 11.6 Å². The monoisotopic (exact) mass is 249 g/mol. The van der Waals surface area contributed by atoms with Gasteiger partial charge in [-0.2, -0.15) is 5.10 Å². The van der Waals surface area contributed by atoms with E-state index in [9.17, 15) is 4.79 Å². The van der Waals surface area contributed by atoms with Crippen LogP contribution in [-0.2, 0) is 23.0 Å². The zero-order chi connectivity index (χ0) is 13.0. The van der Waals surface area contributed by atoms with E-state index in [0.29, 0.717) is 36.9 Å². The lowest BCUT2D eigenvalue weighted by atomic mass is 10.3. The number of aromatic nitrogens is 5. The van der Waals surface area contributed by atoms with Crippen LogP contribution in [0.1, 0.15) is 19.2 Å². The van der Waals surface area contributed by atoms with Crippen LogP contribution in [0.25, 0.3) is 11.6 Å². The van der Waals surface area contributed by atoms with E-state index in [1.54, 1.807) is 13.1 Å². The largest absolute Gasteiger partial charge is 0.466 e. The van der Waals surface area contributed by atoms with Gasteiger partial charge in [0, 0.05) is 25.9 Å². The summed E-state index contributed by atoms with van der Waals surface area (Å²) in [6.45, 7) is 2.18. The van der Waals surface area contributed by atoms with E-state index in [0.717, 1.165) is 0 Å². The number of hydrogen-bond donors (Lipinski definition) is 1. The first kappa shape index (κ1) is 12.3. The molecule has 0 fully saturated rings. The molecule has 0 spiro atoms. The Hall–Kier alpha value is -2.18. The zero-order valence-electron chi connectivity index (χ0n) is 10.4. The first-order valence-electron chi connectivity index (χ1n) is 5.75. The molecule has 0 aliphatic rings. The molecule has 1 N–H and O–H groups in total. The first-order valence-corrected chi connectivity index (χ1v) is 5.75. The van der Waals surface area contributed by atoms with Crippen molar-refractivity contribution < 1.29 is 9.53 Å². The summed E-state index contributed by atoms with van der Waals surface area (Å²) >= 11 is 0. The van der Waals surface area contributed by atoms with Gasteiger partial charge in [0.05, 0.1) is 13.0 Å². The SMILES string of the molecule is CCOC(=O)CCc1nc(-c2nccn2C)n[nH]1. The topological polar surface area (TPSA) is 85.7 Å². The average molecular weight is 249 g/mol. The van der Waals surface area contributed by atoms with Crippen molar-refractivity contribution in [3.05, 3.63) is 18.2 Å². The van der Waals surface area contributed by atoms with Crippen LogP contribution in [0.5, 0.6) is 0 Å². The number of hydrogen-bond acceptors (Lipinski definition) is 5. The Morgan fingerprint density at radius 1 is 1.56 bits per heavy atom.